The van der Waals surface area contributed by atoms with Gasteiger partial charge in [-0.15, -0.1) is 0 Å². The zero-order valence-electron chi connectivity index (χ0n) is 7.72. The largest absolute Gasteiger partial charge is 0.330 e. The van der Waals surface area contributed by atoms with Crippen molar-refractivity contribution in [2.24, 2.45) is 11.7 Å². The van der Waals surface area contributed by atoms with E-state index in [9.17, 15) is 0 Å². The fraction of sp³-hybridized carbons (Fsp3) is 1.00. The molecule has 0 saturated heterocycles. The first-order valence-electron chi connectivity index (χ1n) is 4.04. The van der Waals surface area contributed by atoms with E-state index in [4.69, 9.17) is 5.73 Å². The first-order chi connectivity index (χ1) is 4.52. The van der Waals surface area contributed by atoms with Crippen LogP contribution in [-0.2, 0) is 0 Å². The van der Waals surface area contributed by atoms with Crippen molar-refractivity contribution >= 4 is 7.26 Å². The quantitative estimate of drug-likeness (QED) is 0.627. The molecule has 1 nitrogen and oxygen atoms in total. The third-order valence-electron chi connectivity index (χ3n) is 2.06. The maximum absolute atomic E-state index is 5.55. The van der Waals surface area contributed by atoms with Crippen molar-refractivity contribution in [1.29, 1.82) is 0 Å². The molecule has 0 amide bonds. The molecule has 2 heteroatoms. The van der Waals surface area contributed by atoms with Crippen molar-refractivity contribution in [2.45, 2.75) is 13.8 Å². The monoisotopic (exact) mass is 162 g/mol. The minimum Gasteiger partial charge on any atom is -0.330 e. The molecule has 0 saturated carbocycles. The van der Waals surface area contributed by atoms with Crippen LogP contribution in [0.3, 0.4) is 0 Å². The Labute approximate surface area is 65.7 Å². The van der Waals surface area contributed by atoms with Gasteiger partial charge in [-0.2, -0.15) is 0 Å². The van der Waals surface area contributed by atoms with Gasteiger partial charge in [0, 0.05) is 26.5 Å². The average Bonchev–Trinajstić information content (AvgIpc) is 1.87. The van der Waals surface area contributed by atoms with Gasteiger partial charge >= 0.3 is 0 Å². The van der Waals surface area contributed by atoms with Crippen LogP contribution in [0.5, 0.6) is 0 Å². The second-order valence-electron chi connectivity index (χ2n) is 3.78. The Morgan fingerprint density at radius 1 is 1.40 bits per heavy atom. The molecule has 0 spiro atoms. The van der Waals surface area contributed by atoms with E-state index < -0.39 is 7.26 Å². The molecule has 2 N–H and O–H groups in total. The van der Waals surface area contributed by atoms with E-state index in [0.29, 0.717) is 0 Å². The highest BCUT2D eigenvalue weighted by atomic mass is 31.2. The fourth-order valence-electron chi connectivity index (χ4n) is 1.05. The molecule has 0 aliphatic carbocycles. The zero-order valence-corrected chi connectivity index (χ0v) is 8.62. The van der Waals surface area contributed by atoms with E-state index in [1.165, 1.54) is 12.3 Å². The van der Waals surface area contributed by atoms with Crippen LogP contribution in [0, 0.1) is 5.92 Å². The molecule has 0 aromatic rings. The lowest BCUT2D eigenvalue weighted by atomic mass is 10.2. The summed E-state index contributed by atoms with van der Waals surface area (Å²) in [6.07, 6.45) is 2.72. The average molecular weight is 162 g/mol. The standard InChI is InChI=1S/C8H21NP/c1-5-10(3,4)7-8(2)6-9/h8H,5-7,9H2,1-4H3/q+1. The zero-order chi connectivity index (χ0) is 8.20. The number of nitrogens with two attached hydrogens (primary N) is 1. The molecule has 1 atom stereocenters. The van der Waals surface area contributed by atoms with Crippen LogP contribution in [0.1, 0.15) is 13.8 Å². The Hall–Kier alpha value is 0.390. The molecule has 0 heterocycles. The van der Waals surface area contributed by atoms with Crippen molar-refractivity contribution in [3.8, 4) is 0 Å². The minimum absolute atomic E-state index is 0.576. The van der Waals surface area contributed by atoms with Crippen molar-refractivity contribution < 1.29 is 0 Å². The van der Waals surface area contributed by atoms with E-state index in [1.54, 1.807) is 0 Å². The third kappa shape index (κ3) is 4.24. The van der Waals surface area contributed by atoms with Crippen molar-refractivity contribution in [3.05, 3.63) is 0 Å². The molecule has 0 bridgehead atoms. The van der Waals surface area contributed by atoms with E-state index in [-0.39, 0.29) is 0 Å². The van der Waals surface area contributed by atoms with Crippen LogP contribution < -0.4 is 5.73 Å². The van der Waals surface area contributed by atoms with Gasteiger partial charge in [-0.25, -0.2) is 0 Å². The summed E-state index contributed by atoms with van der Waals surface area (Å²) in [5.41, 5.74) is 5.55. The first-order valence-corrected chi connectivity index (χ1v) is 7.09. The number of hydrogen-bond donors (Lipinski definition) is 1. The molecule has 1 unspecified atom stereocenters. The van der Waals surface area contributed by atoms with Gasteiger partial charge in [0.15, 0.2) is 0 Å². The fourth-order valence-corrected chi connectivity index (χ4v) is 3.14. The lowest BCUT2D eigenvalue weighted by molar-refractivity contribution is 0.669. The summed E-state index contributed by atoms with van der Waals surface area (Å²) in [6, 6.07) is 0. The molecular weight excluding hydrogens is 141 g/mol. The Morgan fingerprint density at radius 3 is 2.20 bits per heavy atom. The molecule has 0 fully saturated rings. The molecule has 0 radical (unpaired) electrons. The predicted molar refractivity (Wildman–Crippen MR) is 52.4 cm³/mol. The summed E-state index contributed by atoms with van der Waals surface area (Å²) in [7, 11) is -0.576. The highest BCUT2D eigenvalue weighted by molar-refractivity contribution is 7.74. The normalized spacial score (nSPS) is 15.3. The van der Waals surface area contributed by atoms with Gasteiger partial charge in [0.1, 0.15) is 0 Å². The van der Waals surface area contributed by atoms with Gasteiger partial charge in [-0.1, -0.05) is 6.92 Å². The second kappa shape index (κ2) is 4.31. The Morgan fingerprint density at radius 2 is 1.90 bits per heavy atom. The molecule has 10 heavy (non-hydrogen) atoms. The van der Waals surface area contributed by atoms with E-state index >= 15 is 0 Å². The Balaban J connectivity index is 3.64. The third-order valence-corrected chi connectivity index (χ3v) is 5.39. The summed E-state index contributed by atoms with van der Waals surface area (Å²) in [6.45, 7) is 10.2. The van der Waals surface area contributed by atoms with Gasteiger partial charge in [0.2, 0.25) is 0 Å². The maximum Gasteiger partial charge on any atom is 0.0626 e. The van der Waals surface area contributed by atoms with Crippen molar-refractivity contribution in [2.75, 3.05) is 32.2 Å². The first kappa shape index (κ1) is 10.4. The van der Waals surface area contributed by atoms with Crippen LogP contribution in [0.25, 0.3) is 0 Å². The number of hydrogen-bond acceptors (Lipinski definition) is 1. The SMILES string of the molecule is CC[P+](C)(C)CC(C)CN. The summed E-state index contributed by atoms with van der Waals surface area (Å²) < 4.78 is 0. The summed E-state index contributed by atoms with van der Waals surface area (Å²) >= 11 is 0. The van der Waals surface area contributed by atoms with Crippen LogP contribution >= 0.6 is 7.26 Å². The van der Waals surface area contributed by atoms with Crippen LogP contribution in [-0.4, -0.2) is 32.2 Å². The van der Waals surface area contributed by atoms with Gasteiger partial charge in [-0.3, -0.25) is 0 Å². The van der Waals surface area contributed by atoms with Gasteiger partial charge in [0.25, 0.3) is 0 Å². The van der Waals surface area contributed by atoms with Gasteiger partial charge in [-0.05, 0) is 13.5 Å². The van der Waals surface area contributed by atoms with Crippen molar-refractivity contribution in [3.63, 3.8) is 0 Å². The molecule has 0 aromatic carbocycles. The lowest BCUT2D eigenvalue weighted by Gasteiger charge is -2.19. The summed E-state index contributed by atoms with van der Waals surface area (Å²) in [5, 5.41) is 0. The molecular formula is C8H21NP+. The highest BCUT2D eigenvalue weighted by Gasteiger charge is 2.24. The molecule has 0 aromatic heterocycles. The lowest BCUT2D eigenvalue weighted by Crippen LogP contribution is -2.17. The number of rotatable bonds is 4. The van der Waals surface area contributed by atoms with E-state index in [0.717, 1.165) is 12.5 Å². The van der Waals surface area contributed by atoms with Crippen LogP contribution in [0.4, 0.5) is 0 Å². The molecule has 0 aliphatic rings. The molecule has 62 valence electrons. The maximum atomic E-state index is 5.55. The molecule has 0 rings (SSSR count). The summed E-state index contributed by atoms with van der Waals surface area (Å²) in [5.74, 6) is 0.725. The van der Waals surface area contributed by atoms with Gasteiger partial charge in [0.05, 0.1) is 12.3 Å². The highest BCUT2D eigenvalue weighted by Crippen LogP contribution is 2.51. The van der Waals surface area contributed by atoms with E-state index in [2.05, 4.69) is 27.2 Å². The smallest absolute Gasteiger partial charge is 0.0626 e. The Kier molecular flexibility index (Phi) is 4.47. The second-order valence-corrected chi connectivity index (χ2v) is 8.64. The Bertz CT molecular complexity index is 91.3. The van der Waals surface area contributed by atoms with Crippen molar-refractivity contribution in [1.82, 2.24) is 0 Å². The summed E-state index contributed by atoms with van der Waals surface area (Å²) in [4.78, 5) is 0. The van der Waals surface area contributed by atoms with Gasteiger partial charge < -0.3 is 5.73 Å². The van der Waals surface area contributed by atoms with E-state index in [1.807, 2.05) is 0 Å². The minimum atomic E-state index is -0.576. The predicted octanol–water partition coefficient (Wildman–Crippen LogP) is 1.88. The van der Waals surface area contributed by atoms with Crippen LogP contribution in [0.2, 0.25) is 0 Å². The topological polar surface area (TPSA) is 26.0 Å². The van der Waals surface area contributed by atoms with Crippen LogP contribution in [0.15, 0.2) is 0 Å². The molecule has 0 aliphatic heterocycles.